The van der Waals surface area contributed by atoms with Crippen molar-refractivity contribution in [2.75, 3.05) is 7.11 Å². The van der Waals surface area contributed by atoms with Crippen LogP contribution in [0.15, 0.2) is 36.4 Å². The summed E-state index contributed by atoms with van der Waals surface area (Å²) in [6.07, 6.45) is 0. The highest BCUT2D eigenvalue weighted by Gasteiger charge is 2.17. The minimum Gasteiger partial charge on any atom is -0.497 e. The van der Waals surface area contributed by atoms with Gasteiger partial charge < -0.3 is 14.6 Å². The van der Waals surface area contributed by atoms with Crippen LogP contribution in [0.2, 0.25) is 0 Å². The number of carboxylic acid groups (broad SMARTS) is 1. The monoisotopic (exact) mass is 294 g/mol. The first-order valence-corrected chi connectivity index (χ1v) is 6.00. The molecule has 0 aromatic heterocycles. The van der Waals surface area contributed by atoms with E-state index in [4.69, 9.17) is 14.6 Å². The Balaban J connectivity index is 2.21. The second kappa shape index (κ2) is 6.21. The minimum absolute atomic E-state index is 0.155. The second-order valence-electron chi connectivity index (χ2n) is 4.16. The van der Waals surface area contributed by atoms with Crippen molar-refractivity contribution in [1.29, 1.82) is 0 Å². The van der Waals surface area contributed by atoms with Crippen molar-refractivity contribution in [2.45, 2.75) is 6.61 Å². The molecule has 0 atom stereocenters. The zero-order chi connectivity index (χ0) is 15.4. The summed E-state index contributed by atoms with van der Waals surface area (Å²) in [7, 11) is 1.41. The first-order valence-electron chi connectivity index (χ1n) is 6.00. The Bertz CT molecular complexity index is 671. The first-order chi connectivity index (χ1) is 10.0. The molecule has 21 heavy (non-hydrogen) atoms. The van der Waals surface area contributed by atoms with Crippen LogP contribution in [0.25, 0.3) is 0 Å². The molecule has 110 valence electrons. The summed E-state index contributed by atoms with van der Waals surface area (Å²) >= 11 is 0. The average molecular weight is 294 g/mol. The molecule has 0 bridgehead atoms. The van der Waals surface area contributed by atoms with Crippen molar-refractivity contribution in [3.63, 3.8) is 0 Å². The Labute approximate surface area is 119 Å². The molecule has 0 radical (unpaired) electrons. The van der Waals surface area contributed by atoms with Gasteiger partial charge in [0.2, 0.25) is 0 Å². The zero-order valence-electron chi connectivity index (χ0n) is 11.1. The number of aromatic carboxylic acids is 1. The van der Waals surface area contributed by atoms with Crippen LogP contribution >= 0.6 is 0 Å². The standard InChI is InChI=1S/C15H12F2O4/c1-20-10-6-5-9(12(17)7-10)8-21-13-4-2-3-11(16)14(13)15(18)19/h2-7H,8H2,1H3,(H,18,19). The maximum atomic E-state index is 13.7. The van der Waals surface area contributed by atoms with Gasteiger partial charge in [-0.15, -0.1) is 0 Å². The van der Waals surface area contributed by atoms with Crippen molar-refractivity contribution in [1.82, 2.24) is 0 Å². The number of carboxylic acids is 1. The second-order valence-corrected chi connectivity index (χ2v) is 4.16. The van der Waals surface area contributed by atoms with Crippen LogP contribution in [0.5, 0.6) is 11.5 Å². The van der Waals surface area contributed by atoms with E-state index in [0.29, 0.717) is 5.75 Å². The Kier molecular flexibility index (Phi) is 4.37. The van der Waals surface area contributed by atoms with Crippen molar-refractivity contribution in [2.24, 2.45) is 0 Å². The van der Waals surface area contributed by atoms with Gasteiger partial charge in [-0.05, 0) is 24.3 Å². The fourth-order valence-corrected chi connectivity index (χ4v) is 1.76. The molecule has 1 N–H and O–H groups in total. The van der Waals surface area contributed by atoms with E-state index >= 15 is 0 Å². The molecule has 0 spiro atoms. The van der Waals surface area contributed by atoms with Gasteiger partial charge in [0.05, 0.1) is 7.11 Å². The molecule has 0 aliphatic rings. The molecule has 6 heteroatoms. The highest BCUT2D eigenvalue weighted by molar-refractivity contribution is 5.91. The normalized spacial score (nSPS) is 10.2. The summed E-state index contributed by atoms with van der Waals surface area (Å²) in [5.74, 6) is -2.71. The molecule has 2 aromatic rings. The number of ether oxygens (including phenoxy) is 2. The molecular formula is C15H12F2O4. The SMILES string of the molecule is COc1ccc(COc2cccc(F)c2C(=O)O)c(F)c1. The lowest BCUT2D eigenvalue weighted by atomic mass is 10.2. The lowest BCUT2D eigenvalue weighted by molar-refractivity contribution is 0.0686. The van der Waals surface area contributed by atoms with Crippen LogP contribution in [-0.2, 0) is 6.61 Å². The smallest absolute Gasteiger partial charge is 0.342 e. The fraction of sp³-hybridized carbons (Fsp3) is 0.133. The van der Waals surface area contributed by atoms with Gasteiger partial charge in [-0.25, -0.2) is 13.6 Å². The van der Waals surface area contributed by atoms with Crippen molar-refractivity contribution >= 4 is 5.97 Å². The maximum Gasteiger partial charge on any atom is 0.342 e. The van der Waals surface area contributed by atoms with Gasteiger partial charge in [-0.3, -0.25) is 0 Å². The average Bonchev–Trinajstić information content (AvgIpc) is 2.45. The Morgan fingerprint density at radius 2 is 1.95 bits per heavy atom. The van der Waals surface area contributed by atoms with E-state index in [1.165, 1.54) is 31.4 Å². The molecular weight excluding hydrogens is 282 g/mol. The molecule has 0 saturated carbocycles. The van der Waals surface area contributed by atoms with Crippen LogP contribution in [0, 0.1) is 11.6 Å². The number of hydrogen-bond acceptors (Lipinski definition) is 3. The summed E-state index contributed by atoms with van der Waals surface area (Å²) < 4.78 is 37.3. The number of benzene rings is 2. The van der Waals surface area contributed by atoms with Crippen molar-refractivity contribution in [3.05, 3.63) is 59.2 Å². The molecule has 0 amide bonds. The lowest BCUT2D eigenvalue weighted by Crippen LogP contribution is -2.06. The Morgan fingerprint density at radius 1 is 1.19 bits per heavy atom. The van der Waals surface area contributed by atoms with Gasteiger partial charge in [0.25, 0.3) is 0 Å². The molecule has 2 aromatic carbocycles. The largest absolute Gasteiger partial charge is 0.497 e. The number of hydrogen-bond donors (Lipinski definition) is 1. The molecule has 2 rings (SSSR count). The summed E-state index contributed by atoms with van der Waals surface area (Å²) in [6, 6.07) is 7.83. The number of carbonyl (C=O) groups is 1. The minimum atomic E-state index is -1.45. The first kappa shape index (κ1) is 14.8. The van der Waals surface area contributed by atoms with Gasteiger partial charge >= 0.3 is 5.97 Å². The highest BCUT2D eigenvalue weighted by Crippen LogP contribution is 2.24. The summed E-state index contributed by atoms with van der Waals surface area (Å²) in [6.45, 7) is -0.223. The van der Waals surface area contributed by atoms with E-state index in [2.05, 4.69) is 0 Å². The Morgan fingerprint density at radius 3 is 2.57 bits per heavy atom. The number of halogens is 2. The van der Waals surface area contributed by atoms with Crippen molar-refractivity contribution < 1.29 is 28.2 Å². The number of methoxy groups -OCH3 is 1. The van der Waals surface area contributed by atoms with E-state index in [1.54, 1.807) is 6.07 Å². The quantitative estimate of drug-likeness (QED) is 0.919. The molecule has 0 fully saturated rings. The zero-order valence-corrected chi connectivity index (χ0v) is 11.1. The van der Waals surface area contributed by atoms with E-state index in [9.17, 15) is 13.6 Å². The molecule has 0 aliphatic heterocycles. The van der Waals surface area contributed by atoms with Crippen molar-refractivity contribution in [3.8, 4) is 11.5 Å². The van der Waals surface area contributed by atoms with Crippen LogP contribution in [-0.4, -0.2) is 18.2 Å². The van der Waals surface area contributed by atoms with Gasteiger partial charge in [0.15, 0.2) is 0 Å². The molecule has 0 unspecified atom stereocenters. The van der Waals surface area contributed by atoms with Crippen LogP contribution in [0.3, 0.4) is 0 Å². The van der Waals surface area contributed by atoms with Gasteiger partial charge in [-0.2, -0.15) is 0 Å². The van der Waals surface area contributed by atoms with Crippen LogP contribution in [0.1, 0.15) is 15.9 Å². The Hall–Kier alpha value is -2.63. The maximum absolute atomic E-state index is 13.7. The number of rotatable bonds is 5. The van der Waals surface area contributed by atoms with Gasteiger partial charge in [0.1, 0.15) is 35.3 Å². The third-order valence-corrected chi connectivity index (χ3v) is 2.83. The van der Waals surface area contributed by atoms with Crippen LogP contribution < -0.4 is 9.47 Å². The third-order valence-electron chi connectivity index (χ3n) is 2.83. The molecule has 0 saturated heterocycles. The lowest BCUT2D eigenvalue weighted by Gasteiger charge is -2.11. The summed E-state index contributed by atoms with van der Waals surface area (Å²) in [4.78, 5) is 11.0. The van der Waals surface area contributed by atoms with E-state index in [-0.39, 0.29) is 17.9 Å². The predicted octanol–water partition coefficient (Wildman–Crippen LogP) is 3.25. The fourth-order valence-electron chi connectivity index (χ4n) is 1.76. The molecule has 0 aliphatic carbocycles. The predicted molar refractivity (Wildman–Crippen MR) is 70.6 cm³/mol. The van der Waals surface area contributed by atoms with E-state index in [0.717, 1.165) is 6.07 Å². The third kappa shape index (κ3) is 3.28. The molecule has 4 nitrogen and oxygen atoms in total. The summed E-state index contributed by atoms with van der Waals surface area (Å²) in [5, 5.41) is 8.96. The summed E-state index contributed by atoms with van der Waals surface area (Å²) in [5.41, 5.74) is -0.372. The van der Waals surface area contributed by atoms with Gasteiger partial charge in [-0.1, -0.05) is 6.07 Å². The van der Waals surface area contributed by atoms with E-state index in [1.807, 2.05) is 0 Å². The van der Waals surface area contributed by atoms with Crippen LogP contribution in [0.4, 0.5) is 8.78 Å². The van der Waals surface area contributed by atoms with E-state index < -0.39 is 23.2 Å². The highest BCUT2D eigenvalue weighted by atomic mass is 19.1. The molecule has 0 heterocycles. The van der Waals surface area contributed by atoms with Gasteiger partial charge in [0, 0.05) is 11.6 Å². The topological polar surface area (TPSA) is 55.8 Å².